The summed E-state index contributed by atoms with van der Waals surface area (Å²) >= 11 is 11.9. The van der Waals surface area contributed by atoms with Crippen molar-refractivity contribution in [1.29, 1.82) is 0 Å². The van der Waals surface area contributed by atoms with Crippen LogP contribution in [0, 0.1) is 11.2 Å². The Morgan fingerprint density at radius 3 is 2.12 bits per heavy atom. The maximum absolute atomic E-state index is 14.0. The number of hydrogen-bond donors (Lipinski definition) is 4. The molecule has 1 saturated heterocycles. The second kappa shape index (κ2) is 17.6. The Kier molecular flexibility index (Phi) is 15.8. The number of unbranched alkanes of at least 4 members (excludes halogenated alkanes) is 1. The van der Waals surface area contributed by atoms with Crippen molar-refractivity contribution in [2.75, 3.05) is 31.5 Å². The lowest BCUT2D eigenvalue weighted by molar-refractivity contribution is -0.109. The minimum atomic E-state index is -0.491. The third-order valence-electron chi connectivity index (χ3n) is 5.68. The van der Waals surface area contributed by atoms with E-state index in [4.69, 9.17) is 23.2 Å². The molecule has 0 radical (unpaired) electrons. The van der Waals surface area contributed by atoms with Gasteiger partial charge in [0.1, 0.15) is 5.82 Å². The SMILES string of the molecule is CC(C)(C)C.CC(C)(C)NCCCCNC=O.O=CNc1cc(Cl)c(F)cc1C1CNCC1c1cccc(Cl)c1. The zero-order valence-corrected chi connectivity index (χ0v) is 26.5. The van der Waals surface area contributed by atoms with Gasteiger partial charge in [0.25, 0.3) is 0 Å². The molecule has 2 amide bonds. The summed E-state index contributed by atoms with van der Waals surface area (Å²) in [4.78, 5) is 20.7. The smallest absolute Gasteiger partial charge is 0.211 e. The molecule has 224 valence electrons. The Hall–Kier alpha value is -2.19. The van der Waals surface area contributed by atoms with Crippen LogP contribution in [-0.2, 0) is 9.59 Å². The first-order valence-electron chi connectivity index (χ1n) is 13.7. The highest BCUT2D eigenvalue weighted by Gasteiger charge is 2.32. The minimum Gasteiger partial charge on any atom is -0.359 e. The first-order chi connectivity index (χ1) is 18.7. The average molecular weight is 598 g/mol. The monoisotopic (exact) mass is 596 g/mol. The number of rotatable bonds is 10. The summed E-state index contributed by atoms with van der Waals surface area (Å²) < 4.78 is 14.0. The van der Waals surface area contributed by atoms with E-state index in [0.717, 1.165) is 50.0 Å². The highest BCUT2D eigenvalue weighted by atomic mass is 35.5. The molecule has 3 rings (SSSR count). The van der Waals surface area contributed by atoms with E-state index < -0.39 is 5.82 Å². The van der Waals surface area contributed by atoms with Gasteiger partial charge >= 0.3 is 0 Å². The van der Waals surface area contributed by atoms with Gasteiger partial charge in [0.2, 0.25) is 12.8 Å². The number of amides is 2. The predicted octanol–water partition coefficient (Wildman–Crippen LogP) is 7.12. The van der Waals surface area contributed by atoms with E-state index >= 15 is 0 Å². The lowest BCUT2D eigenvalue weighted by Gasteiger charge is -2.22. The van der Waals surface area contributed by atoms with Crippen LogP contribution in [0.1, 0.15) is 84.3 Å². The third-order valence-corrected chi connectivity index (χ3v) is 6.21. The second-order valence-electron chi connectivity index (χ2n) is 12.5. The van der Waals surface area contributed by atoms with Gasteiger partial charge in [-0.25, -0.2) is 4.39 Å². The molecule has 6 nitrogen and oxygen atoms in total. The van der Waals surface area contributed by atoms with Gasteiger partial charge in [0, 0.05) is 47.7 Å². The summed E-state index contributed by atoms with van der Waals surface area (Å²) in [5.41, 5.74) is 3.05. The Morgan fingerprint density at radius 2 is 1.55 bits per heavy atom. The molecular formula is C31H47Cl2FN4O2. The molecule has 1 aliphatic rings. The molecule has 40 heavy (non-hydrogen) atoms. The van der Waals surface area contributed by atoms with Crippen LogP contribution in [0.4, 0.5) is 10.1 Å². The third kappa shape index (κ3) is 15.0. The highest BCUT2D eigenvalue weighted by molar-refractivity contribution is 6.31. The van der Waals surface area contributed by atoms with Crippen LogP contribution in [0.25, 0.3) is 0 Å². The average Bonchev–Trinajstić information content (AvgIpc) is 3.32. The van der Waals surface area contributed by atoms with Crippen molar-refractivity contribution in [3.63, 3.8) is 0 Å². The molecule has 1 aliphatic heterocycles. The summed E-state index contributed by atoms with van der Waals surface area (Å²) in [6.07, 6.45) is 3.47. The molecule has 2 atom stereocenters. The van der Waals surface area contributed by atoms with Crippen LogP contribution in [0.5, 0.6) is 0 Å². The molecule has 0 saturated carbocycles. The van der Waals surface area contributed by atoms with E-state index in [1.54, 1.807) is 0 Å². The number of nitrogens with one attached hydrogen (secondary N) is 4. The van der Waals surface area contributed by atoms with Gasteiger partial charge in [0.05, 0.1) is 5.02 Å². The Bertz CT molecular complexity index is 1050. The van der Waals surface area contributed by atoms with E-state index in [-0.39, 0.29) is 22.4 Å². The molecule has 4 N–H and O–H groups in total. The lowest BCUT2D eigenvalue weighted by atomic mass is 9.83. The van der Waals surface area contributed by atoms with Gasteiger partial charge in [-0.3, -0.25) is 9.59 Å². The van der Waals surface area contributed by atoms with E-state index in [1.807, 2.05) is 24.3 Å². The van der Waals surface area contributed by atoms with Gasteiger partial charge in [-0.05, 0) is 81.0 Å². The van der Waals surface area contributed by atoms with Gasteiger partial charge in [-0.2, -0.15) is 0 Å². The van der Waals surface area contributed by atoms with Crippen molar-refractivity contribution < 1.29 is 14.0 Å². The van der Waals surface area contributed by atoms with Crippen LogP contribution < -0.4 is 21.3 Å². The predicted molar refractivity (Wildman–Crippen MR) is 167 cm³/mol. The van der Waals surface area contributed by atoms with Crippen molar-refractivity contribution in [2.24, 2.45) is 5.41 Å². The summed E-state index contributed by atoms with van der Waals surface area (Å²) in [6, 6.07) is 10.5. The standard InChI is InChI=1S/C17H15Cl2FN2O.C9H20N2O.C5H12/c18-11-3-1-2-10(4-11)13-7-21-8-14(13)12-5-16(20)15(19)6-17(12)22-9-23;1-9(2,3)11-7-5-4-6-10-8-12;1-5(2,3)4/h1-6,9,13-14,21H,7-8H2,(H,22,23);8,11H,4-7H2,1-3H3,(H,10,12);1-4H3. The largest absolute Gasteiger partial charge is 0.359 e. The molecule has 0 aliphatic carbocycles. The quantitative estimate of drug-likeness (QED) is 0.174. The fourth-order valence-corrected chi connectivity index (χ4v) is 4.39. The minimum absolute atomic E-state index is 0.0108. The second-order valence-corrected chi connectivity index (χ2v) is 13.3. The fourth-order valence-electron chi connectivity index (χ4n) is 4.02. The van der Waals surface area contributed by atoms with Crippen molar-refractivity contribution in [3.8, 4) is 0 Å². The zero-order chi connectivity index (χ0) is 30.3. The van der Waals surface area contributed by atoms with E-state index in [0.29, 0.717) is 29.1 Å². The first-order valence-corrected chi connectivity index (χ1v) is 14.5. The van der Waals surface area contributed by atoms with Crippen molar-refractivity contribution in [1.82, 2.24) is 16.0 Å². The van der Waals surface area contributed by atoms with Crippen molar-refractivity contribution in [3.05, 3.63) is 63.4 Å². The fraction of sp³-hybridized carbons (Fsp3) is 0.548. The number of benzene rings is 2. The normalized spacial score (nSPS) is 16.6. The van der Waals surface area contributed by atoms with E-state index in [1.165, 1.54) is 12.1 Å². The zero-order valence-electron chi connectivity index (χ0n) is 25.0. The van der Waals surface area contributed by atoms with Crippen molar-refractivity contribution >= 4 is 41.7 Å². The maximum Gasteiger partial charge on any atom is 0.211 e. The molecule has 1 fully saturated rings. The van der Waals surface area contributed by atoms with E-state index in [2.05, 4.69) is 69.7 Å². The molecular weight excluding hydrogens is 550 g/mol. The van der Waals surface area contributed by atoms with Gasteiger partial charge in [0.15, 0.2) is 0 Å². The molecule has 0 spiro atoms. The molecule has 2 aromatic carbocycles. The summed E-state index contributed by atoms with van der Waals surface area (Å²) in [6.45, 7) is 18.4. The molecule has 2 unspecified atom stereocenters. The van der Waals surface area contributed by atoms with Gasteiger partial charge < -0.3 is 21.3 Å². The van der Waals surface area contributed by atoms with Crippen LogP contribution in [-0.4, -0.2) is 44.5 Å². The number of carbonyl (C=O) groups excluding carboxylic acids is 2. The van der Waals surface area contributed by atoms with Crippen LogP contribution >= 0.6 is 23.2 Å². The number of hydrogen-bond acceptors (Lipinski definition) is 4. The Labute approximate surface area is 250 Å². The Morgan fingerprint density at radius 1 is 0.925 bits per heavy atom. The number of anilines is 1. The first kappa shape index (κ1) is 35.8. The van der Waals surface area contributed by atoms with Gasteiger partial charge in [-0.1, -0.05) is 63.0 Å². The van der Waals surface area contributed by atoms with Crippen LogP contribution in [0.3, 0.4) is 0 Å². The Balaban J connectivity index is 0.000000396. The highest BCUT2D eigenvalue weighted by Crippen LogP contribution is 2.41. The summed E-state index contributed by atoms with van der Waals surface area (Å²) in [5.74, 6) is -0.334. The molecule has 0 bridgehead atoms. The molecule has 1 heterocycles. The van der Waals surface area contributed by atoms with Crippen LogP contribution in [0.15, 0.2) is 36.4 Å². The topological polar surface area (TPSA) is 82.3 Å². The van der Waals surface area contributed by atoms with Crippen LogP contribution in [0.2, 0.25) is 10.0 Å². The van der Waals surface area contributed by atoms with E-state index in [9.17, 15) is 14.0 Å². The van der Waals surface area contributed by atoms with Gasteiger partial charge in [-0.15, -0.1) is 0 Å². The summed E-state index contributed by atoms with van der Waals surface area (Å²) in [7, 11) is 0. The number of halogens is 3. The summed E-state index contributed by atoms with van der Waals surface area (Å²) in [5, 5.41) is 12.6. The molecule has 0 aromatic heterocycles. The molecule has 9 heteroatoms. The maximum atomic E-state index is 14.0. The van der Waals surface area contributed by atoms with Crippen molar-refractivity contribution in [2.45, 2.75) is 78.7 Å². The number of carbonyl (C=O) groups is 2. The lowest BCUT2D eigenvalue weighted by Crippen LogP contribution is -2.36. The molecule has 2 aromatic rings.